The Kier molecular flexibility index (Phi) is 11.4. The molecule has 57 heavy (non-hydrogen) atoms. The molecule has 3 N–H and O–H groups in total. The van der Waals surface area contributed by atoms with Crippen molar-refractivity contribution in [3.63, 3.8) is 0 Å². The third-order valence-corrected chi connectivity index (χ3v) is 14.1. The topological polar surface area (TPSA) is 147 Å². The van der Waals surface area contributed by atoms with Gasteiger partial charge in [-0.15, -0.1) is 0 Å². The lowest BCUT2D eigenvalue weighted by Crippen LogP contribution is -2.29. The second-order valence-electron chi connectivity index (χ2n) is 17.6. The van der Waals surface area contributed by atoms with E-state index in [1.54, 1.807) is 0 Å². The van der Waals surface area contributed by atoms with E-state index in [-0.39, 0.29) is 25.2 Å². The molecule has 10 rings (SSSR count). The minimum Gasteiger partial charge on any atom is -0.481 e. The molecular formula is C45H61N9O3. The molecule has 0 aromatic carbocycles. The first-order valence-electron chi connectivity index (χ1n) is 21.2. The standard InChI is InChI=1S/C22H29N5O.C22H28N4O2.CH4/c1-26-10-8-15(9-11-26)19-13-27-20(25-19)12-24-18-7-6-17(21(18)27)14-2-4-16(5-3-14)22(23)28;1-25-10-8-15(9-11-25)19-13-26-20(24-19)12-23-18-7-6-17(21(18)26)14-2-4-16(5-3-14)22(27)28;/h6,12-16H,2-5,7-11H2,1H3,(H2,23,28);6,12-16H,2-5,7-11H2,1H3,(H,27,28);1H4. The van der Waals surface area contributed by atoms with Crippen LogP contribution < -0.4 is 5.73 Å². The second-order valence-corrected chi connectivity index (χ2v) is 17.6. The zero-order valence-electron chi connectivity index (χ0n) is 33.1. The highest BCUT2D eigenvalue weighted by Crippen LogP contribution is 2.43. The molecule has 0 bridgehead atoms. The van der Waals surface area contributed by atoms with E-state index >= 15 is 0 Å². The summed E-state index contributed by atoms with van der Waals surface area (Å²) in [4.78, 5) is 46.9. The number of carbonyl (C=O) groups is 2. The third-order valence-electron chi connectivity index (χ3n) is 14.1. The molecule has 0 spiro atoms. The average molecular weight is 776 g/mol. The smallest absolute Gasteiger partial charge is 0.306 e. The summed E-state index contributed by atoms with van der Waals surface area (Å²) in [5.41, 5.74) is 17.4. The zero-order chi connectivity index (χ0) is 38.5. The molecule has 12 nitrogen and oxygen atoms in total. The Hall–Kier alpha value is -4.42. The Morgan fingerprint density at radius 2 is 1.02 bits per heavy atom. The highest BCUT2D eigenvalue weighted by molar-refractivity contribution is 5.78. The fourth-order valence-corrected chi connectivity index (χ4v) is 10.6. The van der Waals surface area contributed by atoms with Crippen molar-refractivity contribution in [1.29, 1.82) is 0 Å². The van der Waals surface area contributed by atoms with Crippen molar-refractivity contribution in [2.75, 3.05) is 40.3 Å². The van der Waals surface area contributed by atoms with Gasteiger partial charge < -0.3 is 20.6 Å². The maximum atomic E-state index is 11.5. The number of carboxylic acids is 1. The number of carbonyl (C=O) groups excluding carboxylic acids is 1. The van der Waals surface area contributed by atoms with Crippen molar-refractivity contribution in [2.24, 2.45) is 29.4 Å². The minimum atomic E-state index is -0.638. The van der Waals surface area contributed by atoms with Crippen LogP contribution in [0.3, 0.4) is 0 Å². The van der Waals surface area contributed by atoms with Gasteiger partial charge in [0, 0.05) is 43.0 Å². The van der Waals surface area contributed by atoms with Gasteiger partial charge in [0.05, 0.1) is 52.5 Å². The molecule has 2 saturated heterocycles. The molecule has 6 heterocycles. The van der Waals surface area contributed by atoms with Crippen molar-refractivity contribution in [1.82, 2.24) is 38.5 Å². The van der Waals surface area contributed by atoms with Gasteiger partial charge in [-0.2, -0.15) is 0 Å². The van der Waals surface area contributed by atoms with Crippen LogP contribution in [0.4, 0.5) is 0 Å². The van der Waals surface area contributed by atoms with Crippen LogP contribution in [0.15, 0.2) is 36.9 Å². The molecular weight excluding hydrogens is 715 g/mol. The maximum Gasteiger partial charge on any atom is 0.306 e. The normalized spacial score (nSPS) is 25.9. The SMILES string of the molecule is C.CN1CCC(c2cn3c4c(ncc3n2)CC=C4C2CCC(C(=O)O)CC2)CC1.CN1CCC(c2cn3c4c(ncc3n2)CC=C4C2CCC(C(N)=O)CC2)CC1. The number of nitrogens with zero attached hydrogens (tertiary/aromatic N) is 8. The average Bonchev–Trinajstić information content (AvgIpc) is 4.03. The van der Waals surface area contributed by atoms with E-state index in [9.17, 15) is 14.7 Å². The lowest BCUT2D eigenvalue weighted by Gasteiger charge is -2.28. The number of aliphatic carboxylic acids is 1. The molecule has 6 aliphatic rings. The monoisotopic (exact) mass is 775 g/mol. The van der Waals surface area contributed by atoms with E-state index in [0.717, 1.165) is 126 Å². The first kappa shape index (κ1) is 39.4. The van der Waals surface area contributed by atoms with Gasteiger partial charge in [-0.05, 0) is 140 Å². The number of likely N-dealkylation sites (tertiary alicyclic amines) is 2. The van der Waals surface area contributed by atoms with Crippen LogP contribution in [0.1, 0.15) is 130 Å². The maximum absolute atomic E-state index is 11.5. The number of amides is 1. The van der Waals surface area contributed by atoms with Crippen LogP contribution in [0.5, 0.6) is 0 Å². The molecule has 304 valence electrons. The molecule has 2 aliphatic heterocycles. The number of carboxylic acid groups (broad SMARTS) is 1. The van der Waals surface area contributed by atoms with Gasteiger partial charge in [0.2, 0.25) is 5.91 Å². The van der Waals surface area contributed by atoms with Crippen molar-refractivity contribution in [3.8, 4) is 0 Å². The van der Waals surface area contributed by atoms with Crippen LogP contribution in [0.2, 0.25) is 0 Å². The summed E-state index contributed by atoms with van der Waals surface area (Å²) in [5.74, 6) is 1.13. The van der Waals surface area contributed by atoms with E-state index in [1.807, 2.05) is 12.4 Å². The number of piperidine rings is 2. The summed E-state index contributed by atoms with van der Waals surface area (Å²) < 4.78 is 4.55. The summed E-state index contributed by atoms with van der Waals surface area (Å²) in [6, 6.07) is 0. The summed E-state index contributed by atoms with van der Waals surface area (Å²) >= 11 is 0. The highest BCUT2D eigenvalue weighted by atomic mass is 16.4. The summed E-state index contributed by atoms with van der Waals surface area (Å²) in [6.45, 7) is 4.55. The first-order valence-corrected chi connectivity index (χ1v) is 21.2. The molecule has 0 unspecified atom stereocenters. The van der Waals surface area contributed by atoms with Crippen molar-refractivity contribution in [3.05, 3.63) is 71.1 Å². The molecule has 4 aromatic rings. The quantitative estimate of drug-likeness (QED) is 0.217. The largest absolute Gasteiger partial charge is 0.481 e. The van der Waals surface area contributed by atoms with Gasteiger partial charge in [0.15, 0.2) is 11.3 Å². The highest BCUT2D eigenvalue weighted by Gasteiger charge is 2.34. The number of rotatable bonds is 6. The Balaban J connectivity index is 0.000000157. The van der Waals surface area contributed by atoms with Crippen LogP contribution in [-0.2, 0) is 22.4 Å². The van der Waals surface area contributed by atoms with Crippen LogP contribution >= 0.6 is 0 Å². The number of hydrogen-bond donors (Lipinski definition) is 2. The van der Waals surface area contributed by atoms with Gasteiger partial charge in [-0.3, -0.25) is 28.4 Å². The molecule has 0 atom stereocenters. The molecule has 0 radical (unpaired) electrons. The van der Waals surface area contributed by atoms with E-state index < -0.39 is 5.97 Å². The lowest BCUT2D eigenvalue weighted by molar-refractivity contribution is -0.142. The lowest BCUT2D eigenvalue weighted by atomic mass is 9.78. The third kappa shape index (κ3) is 7.79. The van der Waals surface area contributed by atoms with E-state index in [0.29, 0.717) is 23.7 Å². The van der Waals surface area contributed by atoms with E-state index in [2.05, 4.69) is 57.2 Å². The van der Waals surface area contributed by atoms with Gasteiger partial charge in [-0.1, -0.05) is 19.6 Å². The number of allylic oxidation sites excluding steroid dienone is 4. The number of hydrogen-bond acceptors (Lipinski definition) is 8. The van der Waals surface area contributed by atoms with Crippen LogP contribution in [0.25, 0.3) is 22.4 Å². The number of imidazole rings is 2. The number of nitrogens with two attached hydrogens (primary N) is 1. The fourth-order valence-electron chi connectivity index (χ4n) is 10.6. The molecule has 4 aliphatic carbocycles. The summed E-state index contributed by atoms with van der Waals surface area (Å²) in [6.07, 6.45) is 26.8. The van der Waals surface area contributed by atoms with Crippen molar-refractivity contribution < 1.29 is 14.7 Å². The second kappa shape index (κ2) is 16.4. The Morgan fingerprint density at radius 3 is 1.40 bits per heavy atom. The predicted octanol–water partition coefficient (Wildman–Crippen LogP) is 6.77. The molecule has 2 saturated carbocycles. The van der Waals surface area contributed by atoms with Gasteiger partial charge in [-0.25, -0.2) is 9.97 Å². The molecule has 4 aromatic heterocycles. The van der Waals surface area contributed by atoms with Crippen molar-refractivity contribution >= 4 is 34.3 Å². The van der Waals surface area contributed by atoms with E-state index in [4.69, 9.17) is 25.7 Å². The molecule has 4 fully saturated rings. The fraction of sp³-hybridized carbons (Fsp3) is 0.600. The number of primary amides is 1. The Morgan fingerprint density at radius 1 is 0.614 bits per heavy atom. The number of aromatic nitrogens is 6. The Bertz CT molecular complexity index is 2020. The van der Waals surface area contributed by atoms with Crippen LogP contribution in [0, 0.1) is 23.7 Å². The number of fused-ring (bicyclic) bond motifs is 6. The predicted molar refractivity (Wildman–Crippen MR) is 223 cm³/mol. The van der Waals surface area contributed by atoms with Gasteiger partial charge in [0.25, 0.3) is 0 Å². The summed E-state index contributed by atoms with van der Waals surface area (Å²) in [5, 5.41) is 9.29. The first-order chi connectivity index (χ1) is 27.2. The minimum absolute atomic E-state index is 0. The van der Waals surface area contributed by atoms with Crippen LogP contribution in [-0.4, -0.2) is 95.8 Å². The Labute approximate surface area is 336 Å². The molecule has 1 amide bonds. The molecule has 12 heteroatoms. The zero-order valence-corrected chi connectivity index (χ0v) is 33.1. The van der Waals surface area contributed by atoms with Gasteiger partial charge >= 0.3 is 5.97 Å². The summed E-state index contributed by atoms with van der Waals surface area (Å²) in [7, 11) is 4.38. The van der Waals surface area contributed by atoms with Gasteiger partial charge in [0.1, 0.15) is 0 Å². The van der Waals surface area contributed by atoms with E-state index in [1.165, 1.54) is 46.8 Å². The van der Waals surface area contributed by atoms with Crippen molar-refractivity contribution in [2.45, 2.75) is 109 Å².